The number of hydrogen-bond donors (Lipinski definition) is 1. The van der Waals surface area contributed by atoms with Gasteiger partial charge < -0.3 is 10.2 Å². The largest absolute Gasteiger partial charge is 0.469 e. The third-order valence-corrected chi connectivity index (χ3v) is 4.79. The molecule has 6 nitrogen and oxygen atoms in total. The van der Waals surface area contributed by atoms with Gasteiger partial charge in [0.25, 0.3) is 10.0 Å². The molecule has 7 heteroatoms. The summed E-state index contributed by atoms with van der Waals surface area (Å²) < 4.78 is 31.2. The van der Waals surface area contributed by atoms with Crippen LogP contribution in [0.15, 0.2) is 40.1 Å². The first-order valence-electron chi connectivity index (χ1n) is 6.09. The van der Waals surface area contributed by atoms with Gasteiger partial charge in [0.15, 0.2) is 5.03 Å². The lowest BCUT2D eigenvalue weighted by atomic mass is 10.3. The minimum atomic E-state index is -3.62. The van der Waals surface area contributed by atoms with E-state index in [0.29, 0.717) is 12.3 Å². The molecule has 0 radical (unpaired) electrons. The summed E-state index contributed by atoms with van der Waals surface area (Å²) in [5.41, 5.74) is 7.08. The number of sulfonamides is 1. The molecular weight excluding hydrogens is 278 g/mol. The van der Waals surface area contributed by atoms with Crippen LogP contribution in [0.3, 0.4) is 0 Å². The molecule has 0 unspecified atom stereocenters. The highest BCUT2D eigenvalue weighted by atomic mass is 32.2. The second-order valence-electron chi connectivity index (χ2n) is 4.47. The molecule has 2 aromatic rings. The van der Waals surface area contributed by atoms with Crippen molar-refractivity contribution < 1.29 is 12.8 Å². The Balaban J connectivity index is 2.22. The van der Waals surface area contributed by atoms with Crippen molar-refractivity contribution in [3.63, 3.8) is 0 Å². The molecule has 0 amide bonds. The first kappa shape index (κ1) is 14.7. The molecule has 2 aromatic heterocycles. The van der Waals surface area contributed by atoms with Crippen molar-refractivity contribution in [2.45, 2.75) is 25.0 Å². The Morgan fingerprint density at radius 3 is 2.60 bits per heavy atom. The number of hydrogen-bond acceptors (Lipinski definition) is 5. The Kier molecular flexibility index (Phi) is 4.22. The van der Waals surface area contributed by atoms with Gasteiger partial charge in [-0.2, -0.15) is 4.31 Å². The molecule has 0 aliphatic carbocycles. The van der Waals surface area contributed by atoms with Crippen LogP contribution in [-0.2, 0) is 23.1 Å². The number of nitrogens with zero attached hydrogens (tertiary/aromatic N) is 2. The zero-order valence-corrected chi connectivity index (χ0v) is 12.2. The van der Waals surface area contributed by atoms with Gasteiger partial charge in [0.2, 0.25) is 0 Å². The van der Waals surface area contributed by atoms with Gasteiger partial charge in [0.1, 0.15) is 5.76 Å². The number of aromatic nitrogens is 1. The van der Waals surface area contributed by atoms with Gasteiger partial charge in [-0.25, -0.2) is 13.4 Å². The summed E-state index contributed by atoms with van der Waals surface area (Å²) >= 11 is 0. The monoisotopic (exact) mass is 295 g/mol. The van der Waals surface area contributed by atoms with Crippen molar-refractivity contribution in [1.82, 2.24) is 9.29 Å². The van der Waals surface area contributed by atoms with E-state index in [2.05, 4.69) is 4.98 Å². The number of pyridine rings is 1. The second kappa shape index (κ2) is 5.74. The SMILES string of the molecule is Cc1occc1CN(C)S(=O)(=O)c1ccc(CN)cn1. The summed E-state index contributed by atoms with van der Waals surface area (Å²) in [4.78, 5) is 3.96. The van der Waals surface area contributed by atoms with Crippen molar-refractivity contribution in [3.05, 3.63) is 47.5 Å². The standard InChI is InChI=1S/C13H17N3O3S/c1-10-12(5-6-19-10)9-16(2)20(17,18)13-4-3-11(7-14)8-15-13/h3-6,8H,7,9,14H2,1-2H3. The second-order valence-corrected chi connectivity index (χ2v) is 6.46. The Hall–Kier alpha value is -1.70. The zero-order chi connectivity index (χ0) is 14.8. The van der Waals surface area contributed by atoms with Gasteiger partial charge in [0, 0.05) is 31.9 Å². The third kappa shape index (κ3) is 2.90. The maximum Gasteiger partial charge on any atom is 0.260 e. The van der Waals surface area contributed by atoms with Crippen molar-refractivity contribution >= 4 is 10.0 Å². The van der Waals surface area contributed by atoms with Crippen LogP contribution < -0.4 is 5.73 Å². The Labute approximate surface area is 118 Å². The molecule has 2 rings (SSSR count). The van der Waals surface area contributed by atoms with Crippen LogP contribution in [0.2, 0.25) is 0 Å². The van der Waals surface area contributed by atoms with Crippen LogP contribution in [0.25, 0.3) is 0 Å². The third-order valence-electron chi connectivity index (χ3n) is 3.07. The highest BCUT2D eigenvalue weighted by Crippen LogP contribution is 2.17. The van der Waals surface area contributed by atoms with Crippen molar-refractivity contribution in [2.75, 3.05) is 7.05 Å². The molecule has 0 saturated carbocycles. The lowest BCUT2D eigenvalue weighted by Gasteiger charge is -2.16. The van der Waals surface area contributed by atoms with Gasteiger partial charge >= 0.3 is 0 Å². The Morgan fingerprint density at radius 1 is 1.35 bits per heavy atom. The smallest absolute Gasteiger partial charge is 0.260 e. The molecule has 0 aliphatic heterocycles. The molecule has 0 fully saturated rings. The Morgan fingerprint density at radius 2 is 2.10 bits per heavy atom. The van der Waals surface area contributed by atoms with Crippen molar-refractivity contribution in [3.8, 4) is 0 Å². The van der Waals surface area contributed by atoms with E-state index in [1.165, 1.54) is 23.6 Å². The normalized spacial score (nSPS) is 12.0. The maximum absolute atomic E-state index is 12.4. The first-order chi connectivity index (χ1) is 9.45. The molecule has 2 N–H and O–H groups in total. The summed E-state index contributed by atoms with van der Waals surface area (Å²) in [5, 5.41) is 0.0124. The van der Waals surface area contributed by atoms with E-state index in [1.54, 1.807) is 25.3 Å². The molecule has 20 heavy (non-hydrogen) atoms. The van der Waals surface area contributed by atoms with E-state index in [-0.39, 0.29) is 11.6 Å². The Bertz CT molecular complexity index is 677. The van der Waals surface area contributed by atoms with E-state index < -0.39 is 10.0 Å². The summed E-state index contributed by atoms with van der Waals surface area (Å²) in [6.45, 7) is 2.37. The van der Waals surface area contributed by atoms with Gasteiger partial charge in [-0.15, -0.1) is 0 Å². The summed E-state index contributed by atoms with van der Waals surface area (Å²) in [6.07, 6.45) is 3.02. The van der Waals surface area contributed by atoms with E-state index in [1.807, 2.05) is 0 Å². The zero-order valence-electron chi connectivity index (χ0n) is 11.4. The molecule has 2 heterocycles. The minimum Gasteiger partial charge on any atom is -0.469 e. The van der Waals surface area contributed by atoms with Crippen LogP contribution in [0, 0.1) is 6.92 Å². The average molecular weight is 295 g/mol. The molecule has 0 bridgehead atoms. The molecule has 0 atom stereocenters. The lowest BCUT2D eigenvalue weighted by molar-refractivity contribution is 0.456. The number of furan rings is 1. The molecule has 0 aromatic carbocycles. The van der Waals surface area contributed by atoms with Gasteiger partial charge in [-0.3, -0.25) is 0 Å². The van der Waals surface area contributed by atoms with E-state index in [9.17, 15) is 8.42 Å². The molecule has 108 valence electrons. The average Bonchev–Trinajstić information content (AvgIpc) is 2.84. The highest BCUT2D eigenvalue weighted by molar-refractivity contribution is 7.89. The van der Waals surface area contributed by atoms with E-state index >= 15 is 0 Å². The number of nitrogens with two attached hydrogens (primary N) is 1. The van der Waals surface area contributed by atoms with Crippen molar-refractivity contribution in [2.24, 2.45) is 5.73 Å². The van der Waals surface area contributed by atoms with E-state index in [0.717, 1.165) is 11.1 Å². The van der Waals surface area contributed by atoms with E-state index in [4.69, 9.17) is 10.2 Å². The van der Waals surface area contributed by atoms with Crippen LogP contribution in [0.4, 0.5) is 0 Å². The molecule has 0 aliphatic rings. The quantitative estimate of drug-likeness (QED) is 0.897. The molecule has 0 saturated heterocycles. The van der Waals surface area contributed by atoms with Crippen LogP contribution >= 0.6 is 0 Å². The first-order valence-corrected chi connectivity index (χ1v) is 7.53. The summed E-state index contributed by atoms with van der Waals surface area (Å²) in [7, 11) is -2.10. The summed E-state index contributed by atoms with van der Waals surface area (Å²) in [6, 6.07) is 4.89. The van der Waals surface area contributed by atoms with Gasteiger partial charge in [-0.05, 0) is 24.6 Å². The minimum absolute atomic E-state index is 0.0124. The van der Waals surface area contributed by atoms with Gasteiger partial charge in [-0.1, -0.05) is 6.07 Å². The fourth-order valence-electron chi connectivity index (χ4n) is 1.74. The fraction of sp³-hybridized carbons (Fsp3) is 0.308. The maximum atomic E-state index is 12.4. The van der Waals surface area contributed by atoms with Crippen molar-refractivity contribution in [1.29, 1.82) is 0 Å². The summed E-state index contributed by atoms with van der Waals surface area (Å²) in [5.74, 6) is 0.707. The van der Waals surface area contributed by atoms with Crippen LogP contribution in [0.5, 0.6) is 0 Å². The van der Waals surface area contributed by atoms with Gasteiger partial charge in [0.05, 0.1) is 6.26 Å². The molecule has 0 spiro atoms. The molecular formula is C13H17N3O3S. The highest BCUT2D eigenvalue weighted by Gasteiger charge is 2.23. The van der Waals surface area contributed by atoms with Crippen LogP contribution in [-0.4, -0.2) is 24.8 Å². The predicted octanol–water partition coefficient (Wildman–Crippen LogP) is 1.26. The number of rotatable bonds is 5. The fourth-order valence-corrected chi connectivity index (χ4v) is 2.80. The number of aryl methyl sites for hydroxylation is 1. The topological polar surface area (TPSA) is 89.4 Å². The van der Waals surface area contributed by atoms with Crippen LogP contribution in [0.1, 0.15) is 16.9 Å². The predicted molar refractivity (Wildman–Crippen MR) is 74.2 cm³/mol. The lowest BCUT2D eigenvalue weighted by Crippen LogP contribution is -2.27.